The minimum atomic E-state index is -4.62. The van der Waals surface area contributed by atoms with Gasteiger partial charge in [0.05, 0.1) is 30.7 Å². The van der Waals surface area contributed by atoms with Crippen molar-refractivity contribution in [3.8, 4) is 5.82 Å². The summed E-state index contributed by atoms with van der Waals surface area (Å²) in [4.78, 5) is 46.3. The molecule has 0 aliphatic rings. The molecule has 3 heterocycles. The number of hydrazine groups is 1. The van der Waals surface area contributed by atoms with Crippen LogP contribution in [-0.2, 0) is 23.9 Å². The number of amides is 2. The Balaban J connectivity index is 1.72. The Morgan fingerprint density at radius 1 is 1.19 bits per heavy atom. The average Bonchev–Trinajstić information content (AvgIpc) is 3.57. The van der Waals surface area contributed by atoms with Gasteiger partial charge in [0.15, 0.2) is 17.3 Å². The van der Waals surface area contributed by atoms with E-state index >= 15 is 0 Å². The molecule has 16 heteroatoms. The van der Waals surface area contributed by atoms with Crippen LogP contribution >= 0.6 is 34.2 Å². The monoisotopic (exact) mass is 715 g/mol. The quantitative estimate of drug-likeness (QED) is 0.165. The number of benzene rings is 1. The second-order valence-electron chi connectivity index (χ2n) is 8.99. The van der Waals surface area contributed by atoms with Crippen LogP contribution in [0.25, 0.3) is 5.82 Å². The smallest absolute Gasteiger partial charge is 0.434 e. The maximum absolute atomic E-state index is 13.8. The van der Waals surface area contributed by atoms with Crippen molar-refractivity contribution < 1.29 is 32.3 Å². The lowest BCUT2D eigenvalue weighted by Crippen LogP contribution is -2.43. The van der Waals surface area contributed by atoms with E-state index < -0.39 is 29.7 Å². The van der Waals surface area contributed by atoms with E-state index in [2.05, 4.69) is 25.2 Å². The molecule has 3 aromatic heterocycles. The summed E-state index contributed by atoms with van der Waals surface area (Å²) in [5, 5.41) is 5.46. The molecule has 11 nitrogen and oxygen atoms in total. The number of hydrogen-bond acceptors (Lipinski definition) is 7. The number of Topliss-reactive ketones (excluding diaryl/α,β-unsaturated/α-hetero) is 1. The van der Waals surface area contributed by atoms with Crippen LogP contribution in [-0.4, -0.2) is 61.3 Å². The third-order valence-electron chi connectivity index (χ3n) is 5.99. The Kier molecular flexibility index (Phi) is 9.20. The van der Waals surface area contributed by atoms with Crippen molar-refractivity contribution in [1.82, 2.24) is 34.8 Å². The summed E-state index contributed by atoms with van der Waals surface area (Å²) >= 11 is 8.38. The van der Waals surface area contributed by atoms with Crippen LogP contribution in [0.15, 0.2) is 49.1 Å². The molecule has 1 N–H and O–H groups in total. The number of hydrogen-bond donors (Lipinski definition) is 1. The molecule has 0 fully saturated rings. The van der Waals surface area contributed by atoms with Crippen molar-refractivity contribution in [2.75, 3.05) is 14.2 Å². The molecule has 0 saturated heterocycles. The molecule has 0 saturated carbocycles. The maximum atomic E-state index is 13.8. The number of ether oxygens (including phenoxy) is 1. The van der Waals surface area contributed by atoms with E-state index in [0.717, 1.165) is 28.2 Å². The second kappa shape index (κ2) is 12.5. The fourth-order valence-electron chi connectivity index (χ4n) is 4.04. The molecule has 1 aromatic carbocycles. The molecule has 42 heavy (non-hydrogen) atoms. The number of nitrogens with one attached hydrogen (secondary N) is 1. The summed E-state index contributed by atoms with van der Waals surface area (Å²) in [6.07, 6.45) is -2.37. The Morgan fingerprint density at radius 3 is 2.57 bits per heavy atom. The molecule has 0 radical (unpaired) electrons. The van der Waals surface area contributed by atoms with Crippen LogP contribution < -0.4 is 5.43 Å². The first-order valence-corrected chi connectivity index (χ1v) is 13.5. The zero-order valence-electron chi connectivity index (χ0n) is 22.2. The first-order chi connectivity index (χ1) is 19.8. The highest BCUT2D eigenvalue weighted by Gasteiger charge is 2.33. The van der Waals surface area contributed by atoms with Crippen LogP contribution in [0.4, 0.5) is 18.0 Å². The number of methoxy groups -OCH3 is 1. The number of aromatic nitrogens is 5. The van der Waals surface area contributed by atoms with Crippen molar-refractivity contribution in [3.63, 3.8) is 0 Å². The molecule has 4 aromatic rings. The summed E-state index contributed by atoms with van der Waals surface area (Å²) in [7, 11) is 2.47. The van der Waals surface area contributed by atoms with E-state index in [4.69, 9.17) is 11.6 Å². The molecule has 0 aliphatic heterocycles. The summed E-state index contributed by atoms with van der Waals surface area (Å²) in [6, 6.07) is 7.93. The molecule has 0 bridgehead atoms. The molecular formula is C26H22ClF3IN7O4. The molecule has 2 amide bonds. The lowest BCUT2D eigenvalue weighted by molar-refractivity contribution is -0.141. The standard InChI is InChI=1S/C26H22ClF3IN7O4/c1-14-7-15(31)8-18(24(40)35-36(2)25(41)42-3)17(14)10-21(39)20-9-16(11-37-12-22(33-13-37)26(28,29)30)34-38(20)23-19(27)5-4-6-32-23/h4-9,12-13H,10-11H2,1-3H3,(H,35,40). The number of imidazole rings is 1. The highest BCUT2D eigenvalue weighted by molar-refractivity contribution is 14.1. The van der Waals surface area contributed by atoms with E-state index in [1.165, 1.54) is 28.6 Å². The minimum absolute atomic E-state index is 0.0396. The average molecular weight is 716 g/mol. The minimum Gasteiger partial charge on any atom is -0.452 e. The molecule has 0 unspecified atom stereocenters. The molecule has 4 rings (SSSR count). The van der Waals surface area contributed by atoms with Crippen molar-refractivity contribution in [3.05, 3.63) is 91.4 Å². The normalized spacial score (nSPS) is 11.3. The number of halogens is 5. The van der Waals surface area contributed by atoms with E-state index in [0.29, 0.717) is 11.1 Å². The van der Waals surface area contributed by atoms with E-state index in [1.54, 1.807) is 31.2 Å². The van der Waals surface area contributed by atoms with Crippen LogP contribution in [0.2, 0.25) is 5.02 Å². The van der Waals surface area contributed by atoms with Gasteiger partial charge < -0.3 is 9.30 Å². The van der Waals surface area contributed by atoms with Gasteiger partial charge in [0.1, 0.15) is 5.69 Å². The van der Waals surface area contributed by atoms with Crippen molar-refractivity contribution in [2.24, 2.45) is 0 Å². The largest absolute Gasteiger partial charge is 0.452 e. The number of nitrogens with zero attached hydrogens (tertiary/aromatic N) is 6. The Morgan fingerprint density at radius 2 is 1.93 bits per heavy atom. The SMILES string of the molecule is COC(=O)N(C)NC(=O)c1cc(I)cc(C)c1CC(=O)c1cc(Cn2cnc(C(F)(F)F)c2)nn1-c1ncccc1Cl. The molecule has 0 spiro atoms. The second-order valence-corrected chi connectivity index (χ2v) is 10.6. The van der Waals surface area contributed by atoms with Gasteiger partial charge in [0.2, 0.25) is 0 Å². The number of pyridine rings is 1. The fourth-order valence-corrected chi connectivity index (χ4v) is 5.02. The topological polar surface area (TPSA) is 124 Å². The predicted octanol–water partition coefficient (Wildman–Crippen LogP) is 4.87. The summed E-state index contributed by atoms with van der Waals surface area (Å²) in [5.41, 5.74) is 2.81. The third kappa shape index (κ3) is 6.89. The molecule has 0 atom stereocenters. The van der Waals surface area contributed by atoms with E-state index in [1.807, 2.05) is 22.6 Å². The molecule has 220 valence electrons. The lowest BCUT2D eigenvalue weighted by atomic mass is 9.95. The zero-order valence-corrected chi connectivity index (χ0v) is 25.2. The van der Waals surface area contributed by atoms with Gasteiger partial charge in [-0.05, 0) is 71.0 Å². The summed E-state index contributed by atoms with van der Waals surface area (Å²) < 4.78 is 46.9. The van der Waals surface area contributed by atoms with Crippen molar-refractivity contribution >= 4 is 52.0 Å². The highest BCUT2D eigenvalue weighted by atomic mass is 127. The Labute approximate surface area is 255 Å². The summed E-state index contributed by atoms with van der Waals surface area (Å²) in [5.74, 6) is -0.987. The first kappa shape index (κ1) is 31.0. The zero-order chi connectivity index (χ0) is 30.8. The third-order valence-corrected chi connectivity index (χ3v) is 6.91. The first-order valence-electron chi connectivity index (χ1n) is 12.0. The van der Waals surface area contributed by atoms with E-state index in [9.17, 15) is 27.6 Å². The van der Waals surface area contributed by atoms with Gasteiger partial charge in [-0.1, -0.05) is 11.6 Å². The van der Waals surface area contributed by atoms with Crippen molar-refractivity contribution in [2.45, 2.75) is 26.1 Å². The van der Waals surface area contributed by atoms with Crippen molar-refractivity contribution in [1.29, 1.82) is 0 Å². The number of alkyl halides is 3. The van der Waals surface area contributed by atoms with Gasteiger partial charge in [-0.25, -0.2) is 24.5 Å². The van der Waals surface area contributed by atoms with Crippen LogP contribution in [0.5, 0.6) is 0 Å². The van der Waals surface area contributed by atoms with Gasteiger partial charge >= 0.3 is 12.3 Å². The highest BCUT2D eigenvalue weighted by Crippen LogP contribution is 2.28. The Hall–Kier alpha value is -3.99. The van der Waals surface area contributed by atoms with Gasteiger partial charge in [0.25, 0.3) is 5.91 Å². The number of ketones is 1. The van der Waals surface area contributed by atoms with E-state index in [-0.39, 0.29) is 40.8 Å². The number of aryl methyl sites for hydroxylation is 1. The van der Waals surface area contributed by atoms with Gasteiger partial charge in [-0.15, -0.1) is 0 Å². The molecule has 0 aliphatic carbocycles. The fraction of sp³-hybridized carbons (Fsp3) is 0.231. The number of carbonyl (C=O) groups is 3. The maximum Gasteiger partial charge on any atom is 0.434 e. The van der Waals surface area contributed by atoms with Crippen LogP contribution in [0, 0.1) is 10.5 Å². The lowest BCUT2D eigenvalue weighted by Gasteiger charge is -2.19. The van der Waals surface area contributed by atoms with Gasteiger partial charge in [0, 0.05) is 35.0 Å². The number of carbonyl (C=O) groups excluding carboxylic acids is 3. The predicted molar refractivity (Wildman–Crippen MR) is 152 cm³/mol. The van der Waals surface area contributed by atoms with Gasteiger partial charge in [-0.2, -0.15) is 18.3 Å². The molecular weight excluding hydrogens is 694 g/mol. The van der Waals surface area contributed by atoms with Crippen LogP contribution in [0.1, 0.15) is 43.4 Å². The summed E-state index contributed by atoms with van der Waals surface area (Å²) in [6.45, 7) is 1.61. The van der Waals surface area contributed by atoms with Crippen LogP contribution in [0.3, 0.4) is 0 Å². The van der Waals surface area contributed by atoms with Gasteiger partial charge in [-0.3, -0.25) is 15.0 Å². The Bertz CT molecular complexity index is 1670. The number of rotatable bonds is 7.